The number of aliphatic carboxylic acids is 1. The third-order valence-electron chi connectivity index (χ3n) is 4.42. The van der Waals surface area contributed by atoms with Crippen LogP contribution in [-0.4, -0.2) is 26.8 Å². The van der Waals surface area contributed by atoms with Crippen molar-refractivity contribution in [2.45, 2.75) is 6.04 Å². The third kappa shape index (κ3) is 3.70. The van der Waals surface area contributed by atoms with Crippen molar-refractivity contribution < 1.29 is 14.7 Å². The summed E-state index contributed by atoms with van der Waals surface area (Å²) >= 11 is 12.2. The molecule has 3 N–H and O–H groups in total. The number of nitrogens with one attached hydrogen (secondary N) is 2. The molecule has 7 nitrogen and oxygen atoms in total. The Morgan fingerprint density at radius 3 is 2.66 bits per heavy atom. The molecule has 146 valence electrons. The van der Waals surface area contributed by atoms with E-state index in [0.717, 1.165) is 5.56 Å². The SMILES string of the molecule is O=C(O)C1=C[C@H](c2cccc(Cl)c2)n2ncc(C(=O)Nc3ccccc3Cl)c2N1. The number of hydrogen-bond donors (Lipinski definition) is 3. The summed E-state index contributed by atoms with van der Waals surface area (Å²) < 4.78 is 1.54. The molecule has 0 aliphatic carbocycles. The van der Waals surface area contributed by atoms with Crippen LogP contribution in [0.3, 0.4) is 0 Å². The molecule has 0 radical (unpaired) electrons. The first kappa shape index (κ1) is 19.0. The number of amides is 1. The van der Waals surface area contributed by atoms with Crippen LogP contribution in [0.1, 0.15) is 22.0 Å². The van der Waals surface area contributed by atoms with Crippen molar-refractivity contribution in [3.05, 3.63) is 87.7 Å². The van der Waals surface area contributed by atoms with Crippen molar-refractivity contribution in [1.82, 2.24) is 9.78 Å². The molecular formula is C20H14Cl2N4O3. The number of fused-ring (bicyclic) bond motifs is 1. The van der Waals surface area contributed by atoms with Gasteiger partial charge in [-0.2, -0.15) is 5.10 Å². The molecule has 1 amide bonds. The van der Waals surface area contributed by atoms with Crippen molar-refractivity contribution >= 4 is 46.6 Å². The second kappa shape index (κ2) is 7.62. The second-order valence-corrected chi connectivity index (χ2v) is 7.14. The van der Waals surface area contributed by atoms with Crippen LogP contribution in [0, 0.1) is 0 Å². The molecule has 29 heavy (non-hydrogen) atoms. The highest BCUT2D eigenvalue weighted by Gasteiger charge is 2.29. The fraction of sp³-hybridized carbons (Fsp3) is 0.0500. The number of aromatic nitrogens is 2. The Bertz CT molecular complexity index is 1160. The topological polar surface area (TPSA) is 96.2 Å². The lowest BCUT2D eigenvalue weighted by Crippen LogP contribution is -2.25. The molecule has 0 saturated heterocycles. The zero-order valence-corrected chi connectivity index (χ0v) is 16.3. The van der Waals surface area contributed by atoms with Crippen LogP contribution < -0.4 is 10.6 Å². The zero-order valence-electron chi connectivity index (χ0n) is 14.8. The molecule has 0 bridgehead atoms. The minimum atomic E-state index is -1.15. The second-order valence-electron chi connectivity index (χ2n) is 6.30. The fourth-order valence-electron chi connectivity index (χ4n) is 3.07. The molecule has 0 fully saturated rings. The maximum atomic E-state index is 12.8. The van der Waals surface area contributed by atoms with Crippen LogP contribution in [0.4, 0.5) is 11.5 Å². The number of carbonyl (C=O) groups excluding carboxylic acids is 1. The van der Waals surface area contributed by atoms with Crippen molar-refractivity contribution in [3.8, 4) is 0 Å². The maximum absolute atomic E-state index is 12.8. The Morgan fingerprint density at radius 1 is 1.14 bits per heavy atom. The van der Waals surface area contributed by atoms with Crippen LogP contribution in [-0.2, 0) is 4.79 Å². The standard InChI is InChI=1S/C20H14Cl2N4O3/c21-12-5-3-4-11(8-12)17-9-16(20(28)29)24-18-13(10-23-26(17)18)19(27)25-15-7-2-1-6-14(15)22/h1-10,17,24H,(H,25,27)(H,28,29)/t17-/m1/s1. The van der Waals surface area contributed by atoms with E-state index in [2.05, 4.69) is 15.7 Å². The lowest BCUT2D eigenvalue weighted by Gasteiger charge is -2.24. The number of nitrogens with zero attached hydrogens (tertiary/aromatic N) is 2. The van der Waals surface area contributed by atoms with Crippen LogP contribution in [0.25, 0.3) is 0 Å². The number of anilines is 2. The van der Waals surface area contributed by atoms with Gasteiger partial charge in [-0.25, -0.2) is 9.48 Å². The largest absolute Gasteiger partial charge is 0.477 e. The highest BCUT2D eigenvalue weighted by atomic mass is 35.5. The van der Waals surface area contributed by atoms with Crippen LogP contribution >= 0.6 is 23.2 Å². The number of allylic oxidation sites excluding steroid dienone is 1. The van der Waals surface area contributed by atoms with E-state index in [1.165, 1.54) is 12.3 Å². The lowest BCUT2D eigenvalue weighted by molar-refractivity contribution is -0.132. The van der Waals surface area contributed by atoms with Gasteiger partial charge in [0.2, 0.25) is 0 Å². The van der Waals surface area contributed by atoms with Gasteiger partial charge in [-0.15, -0.1) is 0 Å². The van der Waals surface area contributed by atoms with Gasteiger partial charge in [-0.1, -0.05) is 47.5 Å². The van der Waals surface area contributed by atoms with Gasteiger partial charge in [0.15, 0.2) is 0 Å². The summed E-state index contributed by atoms with van der Waals surface area (Å²) in [7, 11) is 0. The van der Waals surface area contributed by atoms with Crippen molar-refractivity contribution in [3.63, 3.8) is 0 Å². The van der Waals surface area contributed by atoms with Crippen LogP contribution in [0.2, 0.25) is 10.0 Å². The van der Waals surface area contributed by atoms with E-state index in [1.807, 2.05) is 6.07 Å². The zero-order chi connectivity index (χ0) is 20.5. The van der Waals surface area contributed by atoms with Crippen molar-refractivity contribution in [1.29, 1.82) is 0 Å². The maximum Gasteiger partial charge on any atom is 0.352 e. The first-order valence-corrected chi connectivity index (χ1v) is 9.30. The van der Waals surface area contributed by atoms with Gasteiger partial charge in [-0.05, 0) is 35.9 Å². The fourth-order valence-corrected chi connectivity index (χ4v) is 3.45. The summed E-state index contributed by atoms with van der Waals surface area (Å²) in [5.41, 5.74) is 1.30. The molecule has 1 aliphatic rings. The third-order valence-corrected chi connectivity index (χ3v) is 4.99. The minimum absolute atomic E-state index is 0.0604. The van der Waals surface area contributed by atoms with Crippen molar-refractivity contribution in [2.75, 3.05) is 10.6 Å². The van der Waals surface area contributed by atoms with Gasteiger partial charge < -0.3 is 15.7 Å². The molecule has 9 heteroatoms. The molecular weight excluding hydrogens is 415 g/mol. The number of para-hydroxylation sites is 1. The van der Waals surface area contributed by atoms with Gasteiger partial charge in [0.25, 0.3) is 5.91 Å². The van der Waals surface area contributed by atoms with Crippen molar-refractivity contribution in [2.24, 2.45) is 0 Å². The predicted molar refractivity (Wildman–Crippen MR) is 111 cm³/mol. The summed E-state index contributed by atoms with van der Waals surface area (Å²) in [6.45, 7) is 0. The first-order chi connectivity index (χ1) is 13.9. The van der Waals surface area contributed by atoms with Gasteiger partial charge >= 0.3 is 5.97 Å². The highest BCUT2D eigenvalue weighted by Crippen LogP contribution is 2.33. The Morgan fingerprint density at radius 2 is 1.93 bits per heavy atom. The molecule has 1 aliphatic heterocycles. The van der Waals surface area contributed by atoms with E-state index < -0.39 is 17.9 Å². The number of benzene rings is 2. The first-order valence-electron chi connectivity index (χ1n) is 8.55. The normalized spacial score (nSPS) is 15.1. The predicted octanol–water partition coefficient (Wildman–Crippen LogP) is 4.43. The van der Waals surface area contributed by atoms with Crippen LogP contribution in [0.15, 0.2) is 66.5 Å². The van der Waals surface area contributed by atoms with Crippen LogP contribution in [0.5, 0.6) is 0 Å². The van der Waals surface area contributed by atoms with Gasteiger partial charge in [0.05, 0.1) is 22.9 Å². The smallest absolute Gasteiger partial charge is 0.352 e. The Kier molecular flexibility index (Phi) is 5.00. The number of rotatable bonds is 4. The molecule has 2 heterocycles. The molecule has 0 spiro atoms. The number of carboxylic acid groups (broad SMARTS) is 1. The number of hydrogen-bond acceptors (Lipinski definition) is 4. The molecule has 1 atom stereocenters. The van der Waals surface area contributed by atoms with Gasteiger partial charge in [0.1, 0.15) is 17.1 Å². The number of halogens is 2. The van der Waals surface area contributed by atoms with E-state index in [4.69, 9.17) is 23.2 Å². The number of carbonyl (C=O) groups is 2. The minimum Gasteiger partial charge on any atom is -0.477 e. The average molecular weight is 429 g/mol. The summed E-state index contributed by atoms with van der Waals surface area (Å²) in [6, 6.07) is 13.3. The molecule has 2 aromatic carbocycles. The Labute approximate surface area is 175 Å². The molecule has 3 aromatic rings. The summed E-state index contributed by atoms with van der Waals surface area (Å²) in [6.07, 6.45) is 2.90. The van der Waals surface area contributed by atoms with E-state index >= 15 is 0 Å². The molecule has 4 rings (SSSR count). The van der Waals surface area contributed by atoms with E-state index in [9.17, 15) is 14.7 Å². The summed E-state index contributed by atoms with van der Waals surface area (Å²) in [4.78, 5) is 24.5. The Balaban J connectivity index is 1.74. The molecule has 0 unspecified atom stereocenters. The highest BCUT2D eigenvalue weighted by molar-refractivity contribution is 6.34. The molecule has 1 aromatic heterocycles. The van der Waals surface area contributed by atoms with E-state index in [-0.39, 0.29) is 17.1 Å². The summed E-state index contributed by atoms with van der Waals surface area (Å²) in [5, 5.41) is 20.2. The van der Waals surface area contributed by atoms with Gasteiger partial charge in [0, 0.05) is 5.02 Å². The quantitative estimate of drug-likeness (QED) is 0.571. The monoisotopic (exact) mass is 428 g/mol. The van der Waals surface area contributed by atoms with Gasteiger partial charge in [-0.3, -0.25) is 4.79 Å². The number of carboxylic acids is 1. The van der Waals surface area contributed by atoms with E-state index in [0.29, 0.717) is 15.7 Å². The lowest BCUT2D eigenvalue weighted by atomic mass is 10.0. The average Bonchev–Trinajstić information content (AvgIpc) is 3.13. The Hall–Kier alpha value is -3.29. The molecule has 0 saturated carbocycles. The van der Waals surface area contributed by atoms with E-state index in [1.54, 1.807) is 47.1 Å². The summed E-state index contributed by atoms with van der Waals surface area (Å²) in [5.74, 6) is -1.36.